The number of hydrazone groups is 1. The van der Waals surface area contributed by atoms with Gasteiger partial charge in [0.1, 0.15) is 6.04 Å². The van der Waals surface area contributed by atoms with Crippen molar-refractivity contribution in [1.29, 1.82) is 0 Å². The molecule has 0 heterocycles. The standard InChI is InChI=1S/C12H16N4O2.C2HF3O2/c1-8(17)16-11(12(13)18)6-9-3-2-4-10(5-9)7-15-14;3-2(4,5)1(6)7/h2-5,7,11H,6,14H2,1H3,(H2,13,18)(H,16,17);(H,6,7)/b15-7-;/t11-;/m0./s1. The van der Waals surface area contributed by atoms with Crippen molar-refractivity contribution >= 4 is 24.0 Å². The van der Waals surface area contributed by atoms with Crippen molar-refractivity contribution in [1.82, 2.24) is 5.32 Å². The molecule has 1 atom stereocenters. The molecular formula is C14H17F3N4O4. The topological polar surface area (TPSA) is 148 Å². The molecule has 0 aliphatic rings. The van der Waals surface area contributed by atoms with Crippen LogP contribution in [0.1, 0.15) is 18.1 Å². The zero-order valence-electron chi connectivity index (χ0n) is 13.1. The van der Waals surface area contributed by atoms with Crippen LogP contribution in [0.4, 0.5) is 13.2 Å². The number of nitrogens with two attached hydrogens (primary N) is 2. The van der Waals surface area contributed by atoms with E-state index >= 15 is 0 Å². The molecule has 0 radical (unpaired) electrons. The smallest absolute Gasteiger partial charge is 0.475 e. The second-order valence-corrected chi connectivity index (χ2v) is 4.69. The number of nitrogens with zero attached hydrogens (tertiary/aromatic N) is 1. The van der Waals surface area contributed by atoms with E-state index in [-0.39, 0.29) is 5.91 Å². The third-order valence-electron chi connectivity index (χ3n) is 2.58. The van der Waals surface area contributed by atoms with Crippen molar-refractivity contribution in [2.45, 2.75) is 25.6 Å². The zero-order chi connectivity index (χ0) is 19.6. The summed E-state index contributed by atoms with van der Waals surface area (Å²) in [6.45, 7) is 1.34. The fourth-order valence-electron chi connectivity index (χ4n) is 1.59. The van der Waals surface area contributed by atoms with E-state index in [0.717, 1.165) is 11.1 Å². The van der Waals surface area contributed by atoms with Gasteiger partial charge in [-0.3, -0.25) is 9.59 Å². The van der Waals surface area contributed by atoms with Crippen LogP contribution < -0.4 is 16.9 Å². The molecule has 138 valence electrons. The molecule has 0 spiro atoms. The molecule has 0 bridgehead atoms. The summed E-state index contributed by atoms with van der Waals surface area (Å²) in [6.07, 6.45) is -3.25. The minimum atomic E-state index is -5.08. The second-order valence-electron chi connectivity index (χ2n) is 4.69. The first-order valence-electron chi connectivity index (χ1n) is 6.66. The molecule has 0 unspecified atom stereocenters. The number of carbonyl (C=O) groups excluding carboxylic acids is 2. The van der Waals surface area contributed by atoms with E-state index in [1.807, 2.05) is 24.3 Å². The van der Waals surface area contributed by atoms with E-state index < -0.39 is 24.1 Å². The number of halogens is 3. The lowest BCUT2D eigenvalue weighted by atomic mass is 10.0. The first-order chi connectivity index (χ1) is 11.5. The average molecular weight is 362 g/mol. The fraction of sp³-hybridized carbons (Fsp3) is 0.286. The predicted octanol–water partition coefficient (Wildman–Crippen LogP) is 0.145. The SMILES string of the molecule is CC(=O)N[C@@H](Cc1cccc(/C=N\N)c1)C(N)=O.O=C(O)C(F)(F)F. The highest BCUT2D eigenvalue weighted by molar-refractivity contribution is 5.86. The number of carboxylic acid groups (broad SMARTS) is 1. The fourth-order valence-corrected chi connectivity index (χ4v) is 1.59. The number of nitrogens with one attached hydrogen (secondary N) is 1. The van der Waals surface area contributed by atoms with Crippen molar-refractivity contribution in [3.63, 3.8) is 0 Å². The van der Waals surface area contributed by atoms with Gasteiger partial charge in [0.2, 0.25) is 11.8 Å². The van der Waals surface area contributed by atoms with Crippen LogP contribution in [0.2, 0.25) is 0 Å². The Morgan fingerprint density at radius 2 is 1.92 bits per heavy atom. The lowest BCUT2D eigenvalue weighted by Crippen LogP contribution is -2.45. The van der Waals surface area contributed by atoms with Crippen LogP contribution in [-0.2, 0) is 20.8 Å². The molecule has 0 aromatic heterocycles. The number of hydrogen-bond acceptors (Lipinski definition) is 5. The zero-order valence-corrected chi connectivity index (χ0v) is 13.1. The van der Waals surface area contributed by atoms with E-state index in [1.165, 1.54) is 13.1 Å². The third kappa shape index (κ3) is 9.58. The Hall–Kier alpha value is -3.11. The minimum absolute atomic E-state index is 0.293. The monoisotopic (exact) mass is 362 g/mol. The van der Waals surface area contributed by atoms with Crippen LogP contribution in [0.25, 0.3) is 0 Å². The quantitative estimate of drug-likeness (QED) is 0.334. The van der Waals surface area contributed by atoms with Crippen LogP contribution in [-0.4, -0.2) is 41.3 Å². The van der Waals surface area contributed by atoms with Crippen molar-refractivity contribution < 1.29 is 32.7 Å². The van der Waals surface area contributed by atoms with Gasteiger partial charge < -0.3 is 22.0 Å². The molecule has 1 aromatic rings. The molecule has 0 saturated carbocycles. The van der Waals surface area contributed by atoms with Gasteiger partial charge in [-0.05, 0) is 11.1 Å². The van der Waals surface area contributed by atoms with Gasteiger partial charge in [0.15, 0.2) is 0 Å². The van der Waals surface area contributed by atoms with Gasteiger partial charge in [-0.25, -0.2) is 4.79 Å². The predicted molar refractivity (Wildman–Crippen MR) is 82.4 cm³/mol. The highest BCUT2D eigenvalue weighted by Crippen LogP contribution is 2.13. The Balaban J connectivity index is 0.000000697. The maximum Gasteiger partial charge on any atom is 0.490 e. The van der Waals surface area contributed by atoms with E-state index in [4.69, 9.17) is 21.5 Å². The van der Waals surface area contributed by atoms with Crippen LogP contribution in [0.5, 0.6) is 0 Å². The molecular weight excluding hydrogens is 345 g/mol. The normalized spacial score (nSPS) is 12.0. The number of aliphatic carboxylic acids is 1. The summed E-state index contributed by atoms with van der Waals surface area (Å²) in [5.41, 5.74) is 6.92. The molecule has 25 heavy (non-hydrogen) atoms. The van der Waals surface area contributed by atoms with E-state index in [2.05, 4.69) is 10.4 Å². The molecule has 6 N–H and O–H groups in total. The Morgan fingerprint density at radius 1 is 1.36 bits per heavy atom. The van der Waals surface area contributed by atoms with Crippen molar-refractivity contribution in [3.8, 4) is 0 Å². The van der Waals surface area contributed by atoms with E-state index in [1.54, 1.807) is 0 Å². The summed E-state index contributed by atoms with van der Waals surface area (Å²) < 4.78 is 31.7. The molecule has 1 rings (SSSR count). The van der Waals surface area contributed by atoms with Gasteiger partial charge in [-0.1, -0.05) is 24.3 Å². The number of benzene rings is 1. The lowest BCUT2D eigenvalue weighted by Gasteiger charge is -2.14. The van der Waals surface area contributed by atoms with Crippen molar-refractivity contribution in [3.05, 3.63) is 35.4 Å². The number of carbonyl (C=O) groups is 3. The van der Waals surface area contributed by atoms with Crippen LogP contribution in [0, 0.1) is 0 Å². The number of rotatable bonds is 5. The third-order valence-corrected chi connectivity index (χ3v) is 2.58. The maximum absolute atomic E-state index is 11.2. The molecule has 2 amide bonds. The minimum Gasteiger partial charge on any atom is -0.475 e. The number of primary amides is 1. The van der Waals surface area contributed by atoms with Gasteiger partial charge in [-0.2, -0.15) is 18.3 Å². The largest absolute Gasteiger partial charge is 0.490 e. The molecule has 0 saturated heterocycles. The Bertz CT molecular complexity index is 647. The maximum atomic E-state index is 11.2. The van der Waals surface area contributed by atoms with Gasteiger partial charge in [0, 0.05) is 13.3 Å². The highest BCUT2D eigenvalue weighted by atomic mass is 19.4. The summed E-state index contributed by atoms with van der Waals surface area (Å²) in [6, 6.07) is 6.60. The summed E-state index contributed by atoms with van der Waals surface area (Å²) in [4.78, 5) is 31.1. The van der Waals surface area contributed by atoms with Crippen LogP contribution >= 0.6 is 0 Å². The molecule has 11 heteroatoms. The van der Waals surface area contributed by atoms with Gasteiger partial charge in [-0.15, -0.1) is 0 Å². The number of amides is 2. The van der Waals surface area contributed by atoms with E-state index in [0.29, 0.717) is 6.42 Å². The Labute approximate surface area is 140 Å². The van der Waals surface area contributed by atoms with Crippen LogP contribution in [0.15, 0.2) is 29.4 Å². The molecule has 1 aromatic carbocycles. The second kappa shape index (κ2) is 9.90. The van der Waals surface area contributed by atoms with Crippen LogP contribution in [0.3, 0.4) is 0 Å². The summed E-state index contributed by atoms with van der Waals surface area (Å²) in [7, 11) is 0. The van der Waals surface area contributed by atoms with E-state index in [9.17, 15) is 22.8 Å². The molecule has 8 nitrogen and oxygen atoms in total. The summed E-state index contributed by atoms with van der Waals surface area (Å²) in [5.74, 6) is 1.45. The number of carboxylic acids is 1. The average Bonchev–Trinajstić information content (AvgIpc) is 2.46. The van der Waals surface area contributed by atoms with Crippen molar-refractivity contribution in [2.75, 3.05) is 0 Å². The Kier molecular flexibility index (Phi) is 8.67. The molecule has 0 aliphatic carbocycles. The lowest BCUT2D eigenvalue weighted by molar-refractivity contribution is -0.192. The number of alkyl halides is 3. The Morgan fingerprint density at radius 3 is 2.32 bits per heavy atom. The number of hydrogen-bond donors (Lipinski definition) is 4. The van der Waals surface area contributed by atoms with Gasteiger partial charge in [0.25, 0.3) is 0 Å². The van der Waals surface area contributed by atoms with Crippen molar-refractivity contribution in [2.24, 2.45) is 16.7 Å². The first-order valence-corrected chi connectivity index (χ1v) is 6.66. The highest BCUT2D eigenvalue weighted by Gasteiger charge is 2.38. The molecule has 0 fully saturated rings. The summed E-state index contributed by atoms with van der Waals surface area (Å²) in [5, 5.41) is 13.1. The summed E-state index contributed by atoms with van der Waals surface area (Å²) >= 11 is 0. The van der Waals surface area contributed by atoms with Gasteiger partial charge in [0.05, 0.1) is 6.21 Å². The first kappa shape index (κ1) is 21.9. The van der Waals surface area contributed by atoms with Gasteiger partial charge >= 0.3 is 12.1 Å². The molecule has 0 aliphatic heterocycles.